The molecule has 0 aliphatic carbocycles. The van der Waals surface area contributed by atoms with E-state index in [-0.39, 0.29) is 18.1 Å². The standard InChI is InChI=1S/C14H22N2O2/c1-9(2)18-13-7-5-6-12(8-13)11(4)16-14(17)10(3)15/h5-11H,15H2,1-4H3,(H,16,17). The van der Waals surface area contributed by atoms with Crippen LogP contribution >= 0.6 is 0 Å². The van der Waals surface area contributed by atoms with Crippen molar-refractivity contribution in [2.75, 3.05) is 0 Å². The van der Waals surface area contributed by atoms with E-state index < -0.39 is 6.04 Å². The molecular weight excluding hydrogens is 228 g/mol. The maximum Gasteiger partial charge on any atom is 0.237 e. The van der Waals surface area contributed by atoms with Crippen molar-refractivity contribution in [1.82, 2.24) is 5.32 Å². The number of rotatable bonds is 5. The lowest BCUT2D eigenvalue weighted by atomic mass is 10.1. The van der Waals surface area contributed by atoms with Crippen molar-refractivity contribution in [2.24, 2.45) is 5.73 Å². The number of carbonyl (C=O) groups excluding carboxylic acids is 1. The molecule has 0 saturated heterocycles. The summed E-state index contributed by atoms with van der Waals surface area (Å²) in [5, 5.41) is 2.86. The molecule has 0 aliphatic heterocycles. The van der Waals surface area contributed by atoms with Gasteiger partial charge < -0.3 is 15.8 Å². The fraction of sp³-hybridized carbons (Fsp3) is 0.500. The molecule has 2 unspecified atom stereocenters. The predicted molar refractivity (Wildman–Crippen MR) is 72.4 cm³/mol. The van der Waals surface area contributed by atoms with Crippen molar-refractivity contribution < 1.29 is 9.53 Å². The summed E-state index contributed by atoms with van der Waals surface area (Å²) < 4.78 is 5.62. The molecule has 0 radical (unpaired) electrons. The van der Waals surface area contributed by atoms with Crippen LogP contribution in [0.25, 0.3) is 0 Å². The first kappa shape index (κ1) is 14.5. The van der Waals surface area contributed by atoms with Crippen LogP contribution in [0.15, 0.2) is 24.3 Å². The number of carbonyl (C=O) groups is 1. The Kier molecular flexibility index (Phi) is 5.16. The van der Waals surface area contributed by atoms with Crippen LogP contribution in [0, 0.1) is 0 Å². The second-order valence-electron chi connectivity index (χ2n) is 4.76. The van der Waals surface area contributed by atoms with Gasteiger partial charge in [0.2, 0.25) is 5.91 Å². The Balaban J connectivity index is 2.73. The molecule has 100 valence electrons. The van der Waals surface area contributed by atoms with Gasteiger partial charge in [0.05, 0.1) is 18.2 Å². The van der Waals surface area contributed by atoms with E-state index >= 15 is 0 Å². The third-order valence-corrected chi connectivity index (χ3v) is 2.50. The molecule has 2 atom stereocenters. The van der Waals surface area contributed by atoms with Gasteiger partial charge in [0.25, 0.3) is 0 Å². The Hall–Kier alpha value is -1.55. The Bertz CT molecular complexity index is 403. The highest BCUT2D eigenvalue weighted by Crippen LogP contribution is 2.20. The van der Waals surface area contributed by atoms with Gasteiger partial charge in [0.15, 0.2) is 0 Å². The minimum atomic E-state index is -0.498. The van der Waals surface area contributed by atoms with Crippen molar-refractivity contribution in [3.8, 4) is 5.75 Å². The van der Waals surface area contributed by atoms with Gasteiger partial charge in [0, 0.05) is 0 Å². The Morgan fingerprint density at radius 3 is 2.50 bits per heavy atom. The maximum atomic E-state index is 11.5. The van der Waals surface area contributed by atoms with Gasteiger partial charge in [-0.2, -0.15) is 0 Å². The molecule has 4 nitrogen and oxygen atoms in total. The summed E-state index contributed by atoms with van der Waals surface area (Å²) in [5.41, 5.74) is 6.52. The molecule has 4 heteroatoms. The predicted octanol–water partition coefficient (Wildman–Crippen LogP) is 2.00. The Morgan fingerprint density at radius 2 is 1.94 bits per heavy atom. The molecule has 0 aliphatic rings. The topological polar surface area (TPSA) is 64.3 Å². The highest BCUT2D eigenvalue weighted by molar-refractivity contribution is 5.81. The van der Waals surface area contributed by atoms with Gasteiger partial charge in [-0.1, -0.05) is 12.1 Å². The van der Waals surface area contributed by atoms with Crippen molar-refractivity contribution >= 4 is 5.91 Å². The van der Waals surface area contributed by atoms with E-state index in [1.807, 2.05) is 45.0 Å². The average molecular weight is 250 g/mol. The lowest BCUT2D eigenvalue weighted by Crippen LogP contribution is -2.39. The quantitative estimate of drug-likeness (QED) is 0.840. The molecule has 0 saturated carbocycles. The van der Waals surface area contributed by atoms with Gasteiger partial charge >= 0.3 is 0 Å². The van der Waals surface area contributed by atoms with Crippen LogP contribution in [0.1, 0.15) is 39.3 Å². The molecule has 0 spiro atoms. The number of hydrogen-bond acceptors (Lipinski definition) is 3. The van der Waals surface area contributed by atoms with Crippen LogP contribution in [0.4, 0.5) is 0 Å². The summed E-state index contributed by atoms with van der Waals surface area (Å²) in [6.45, 7) is 7.55. The second kappa shape index (κ2) is 6.40. The van der Waals surface area contributed by atoms with Gasteiger partial charge in [-0.05, 0) is 45.4 Å². The van der Waals surface area contributed by atoms with Gasteiger partial charge in [-0.15, -0.1) is 0 Å². The maximum absolute atomic E-state index is 11.5. The fourth-order valence-electron chi connectivity index (χ4n) is 1.56. The highest BCUT2D eigenvalue weighted by atomic mass is 16.5. The monoisotopic (exact) mass is 250 g/mol. The lowest BCUT2D eigenvalue weighted by molar-refractivity contribution is -0.122. The summed E-state index contributed by atoms with van der Waals surface area (Å²) in [7, 11) is 0. The number of nitrogens with two attached hydrogens (primary N) is 1. The van der Waals surface area contributed by atoms with Crippen LogP contribution in [-0.2, 0) is 4.79 Å². The average Bonchev–Trinajstić information content (AvgIpc) is 2.28. The number of benzene rings is 1. The van der Waals surface area contributed by atoms with Crippen LogP contribution in [0.5, 0.6) is 5.75 Å². The Labute approximate surface area is 109 Å². The minimum absolute atomic E-state index is 0.0841. The van der Waals surface area contributed by atoms with E-state index in [4.69, 9.17) is 10.5 Å². The smallest absolute Gasteiger partial charge is 0.237 e. The molecule has 1 rings (SSSR count). The minimum Gasteiger partial charge on any atom is -0.491 e. The molecule has 0 fully saturated rings. The normalized spacial score (nSPS) is 14.1. The SMILES string of the molecule is CC(C)Oc1cccc(C(C)NC(=O)C(C)N)c1. The number of amides is 1. The number of ether oxygens (including phenoxy) is 1. The first-order chi connectivity index (χ1) is 8.40. The highest BCUT2D eigenvalue weighted by Gasteiger charge is 2.13. The molecule has 0 aromatic heterocycles. The van der Waals surface area contributed by atoms with Crippen molar-refractivity contribution in [3.05, 3.63) is 29.8 Å². The van der Waals surface area contributed by atoms with E-state index in [0.717, 1.165) is 11.3 Å². The molecule has 1 aromatic carbocycles. The zero-order chi connectivity index (χ0) is 13.7. The van der Waals surface area contributed by atoms with Gasteiger partial charge in [0.1, 0.15) is 5.75 Å². The van der Waals surface area contributed by atoms with E-state index in [9.17, 15) is 4.79 Å². The molecule has 0 heterocycles. The molecular formula is C14H22N2O2. The van der Waals surface area contributed by atoms with Gasteiger partial charge in [-0.25, -0.2) is 0 Å². The number of nitrogens with one attached hydrogen (secondary N) is 1. The van der Waals surface area contributed by atoms with E-state index in [1.54, 1.807) is 6.92 Å². The third kappa shape index (κ3) is 4.37. The third-order valence-electron chi connectivity index (χ3n) is 2.50. The summed E-state index contributed by atoms with van der Waals surface area (Å²) in [4.78, 5) is 11.5. The first-order valence-corrected chi connectivity index (χ1v) is 6.22. The molecule has 1 aromatic rings. The molecule has 0 bridgehead atoms. The zero-order valence-corrected chi connectivity index (χ0v) is 11.4. The lowest BCUT2D eigenvalue weighted by Gasteiger charge is -2.17. The Morgan fingerprint density at radius 1 is 1.28 bits per heavy atom. The van der Waals surface area contributed by atoms with E-state index in [2.05, 4.69) is 5.32 Å². The van der Waals surface area contributed by atoms with Crippen LogP contribution < -0.4 is 15.8 Å². The first-order valence-electron chi connectivity index (χ1n) is 6.22. The fourth-order valence-corrected chi connectivity index (χ4v) is 1.56. The van der Waals surface area contributed by atoms with Crippen molar-refractivity contribution in [3.63, 3.8) is 0 Å². The summed E-state index contributed by atoms with van der Waals surface area (Å²) in [6, 6.07) is 7.14. The van der Waals surface area contributed by atoms with Crippen LogP contribution in [0.2, 0.25) is 0 Å². The number of hydrogen-bond donors (Lipinski definition) is 2. The molecule has 1 amide bonds. The summed E-state index contributed by atoms with van der Waals surface area (Å²) in [6.07, 6.45) is 0.134. The zero-order valence-electron chi connectivity index (χ0n) is 11.4. The largest absolute Gasteiger partial charge is 0.491 e. The van der Waals surface area contributed by atoms with Crippen molar-refractivity contribution in [2.45, 2.75) is 45.9 Å². The van der Waals surface area contributed by atoms with Gasteiger partial charge in [-0.3, -0.25) is 4.79 Å². The van der Waals surface area contributed by atoms with Crippen molar-refractivity contribution in [1.29, 1.82) is 0 Å². The van der Waals surface area contributed by atoms with Crippen LogP contribution in [0.3, 0.4) is 0 Å². The molecule has 18 heavy (non-hydrogen) atoms. The summed E-state index contributed by atoms with van der Waals surface area (Å²) in [5.74, 6) is 0.655. The molecule has 3 N–H and O–H groups in total. The van der Waals surface area contributed by atoms with Crippen LogP contribution in [-0.4, -0.2) is 18.1 Å². The van der Waals surface area contributed by atoms with E-state index in [0.29, 0.717) is 0 Å². The summed E-state index contributed by atoms with van der Waals surface area (Å²) >= 11 is 0. The second-order valence-corrected chi connectivity index (χ2v) is 4.76. The van der Waals surface area contributed by atoms with E-state index in [1.165, 1.54) is 0 Å².